The third-order valence-corrected chi connectivity index (χ3v) is 5.12. The molecule has 1 amide bonds. The van der Waals surface area contributed by atoms with Gasteiger partial charge in [-0.2, -0.15) is 0 Å². The highest BCUT2D eigenvalue weighted by Crippen LogP contribution is 2.32. The minimum atomic E-state index is -0.131. The van der Waals surface area contributed by atoms with Crippen LogP contribution in [0.15, 0.2) is 30.6 Å². The Bertz CT molecular complexity index is 723. The smallest absolute Gasteiger partial charge is 0.238 e. The van der Waals surface area contributed by atoms with E-state index in [0.29, 0.717) is 18.0 Å². The number of benzene rings is 1. The highest BCUT2D eigenvalue weighted by Gasteiger charge is 2.36. The topological polar surface area (TPSA) is 61.0 Å². The second-order valence-electron chi connectivity index (χ2n) is 6.76. The summed E-state index contributed by atoms with van der Waals surface area (Å²) in [4.78, 5) is 22.6. The van der Waals surface area contributed by atoms with Gasteiger partial charge in [-0.15, -0.1) is 0 Å². The number of halogens is 1. The molecule has 2 N–H and O–H groups in total. The van der Waals surface area contributed by atoms with Crippen molar-refractivity contribution in [3.8, 4) is 0 Å². The molecule has 5 nitrogen and oxygen atoms in total. The zero-order valence-electron chi connectivity index (χ0n) is 13.5. The Morgan fingerprint density at radius 2 is 2.12 bits per heavy atom. The summed E-state index contributed by atoms with van der Waals surface area (Å²) < 4.78 is 0. The number of H-pyrrole nitrogens is 1. The first kappa shape index (κ1) is 15.7. The number of aromatic nitrogens is 2. The van der Waals surface area contributed by atoms with E-state index in [1.807, 2.05) is 24.3 Å². The molecule has 126 valence electrons. The zero-order chi connectivity index (χ0) is 16.5. The second-order valence-corrected chi connectivity index (χ2v) is 7.20. The van der Waals surface area contributed by atoms with Crippen LogP contribution in [0.5, 0.6) is 0 Å². The Hall–Kier alpha value is -1.85. The molecule has 1 aliphatic carbocycles. The number of fused-ring (bicyclic) bond motifs is 1. The van der Waals surface area contributed by atoms with Crippen LogP contribution in [0.1, 0.15) is 29.8 Å². The van der Waals surface area contributed by atoms with Crippen LogP contribution in [-0.2, 0) is 24.3 Å². The lowest BCUT2D eigenvalue weighted by Crippen LogP contribution is -2.50. The van der Waals surface area contributed by atoms with Gasteiger partial charge in [-0.25, -0.2) is 4.98 Å². The van der Waals surface area contributed by atoms with Gasteiger partial charge < -0.3 is 10.3 Å². The van der Waals surface area contributed by atoms with Crippen molar-refractivity contribution >= 4 is 17.5 Å². The third-order valence-electron chi connectivity index (χ3n) is 4.87. The van der Waals surface area contributed by atoms with E-state index < -0.39 is 0 Å². The van der Waals surface area contributed by atoms with Crippen LogP contribution in [0.2, 0.25) is 5.02 Å². The number of carbonyl (C=O) groups is 1. The fourth-order valence-corrected chi connectivity index (χ4v) is 3.41. The number of rotatable bonds is 5. The number of hydrogen-bond acceptors (Lipinski definition) is 3. The molecule has 0 bridgehead atoms. The summed E-state index contributed by atoms with van der Waals surface area (Å²) in [6.07, 6.45) is 4.98. The molecule has 0 unspecified atom stereocenters. The zero-order valence-corrected chi connectivity index (χ0v) is 14.2. The minimum Gasteiger partial charge on any atom is -0.351 e. The van der Waals surface area contributed by atoms with Crippen LogP contribution in [0.3, 0.4) is 0 Å². The number of nitrogens with zero attached hydrogens (tertiary/aromatic N) is 2. The molecule has 2 heterocycles. The molecule has 1 aromatic carbocycles. The number of aromatic amines is 1. The van der Waals surface area contributed by atoms with E-state index in [1.165, 1.54) is 12.8 Å². The Morgan fingerprint density at radius 3 is 2.88 bits per heavy atom. The number of amides is 1. The van der Waals surface area contributed by atoms with Gasteiger partial charge >= 0.3 is 0 Å². The van der Waals surface area contributed by atoms with Gasteiger partial charge in [0.2, 0.25) is 5.91 Å². The fraction of sp³-hybridized carbons (Fsp3) is 0.444. The molecule has 1 saturated carbocycles. The van der Waals surface area contributed by atoms with Crippen molar-refractivity contribution in [1.82, 2.24) is 20.2 Å². The van der Waals surface area contributed by atoms with Gasteiger partial charge in [0.15, 0.2) is 0 Å². The molecule has 24 heavy (non-hydrogen) atoms. The SMILES string of the molecule is O=C(NCc1ccc(Cl)cc1)[C@@H]1Cc2nc[nH]c2CN1CC1CC1. The van der Waals surface area contributed by atoms with Gasteiger partial charge in [0, 0.05) is 31.1 Å². The summed E-state index contributed by atoms with van der Waals surface area (Å²) >= 11 is 5.90. The average molecular weight is 345 g/mol. The van der Waals surface area contributed by atoms with Gasteiger partial charge in [0.1, 0.15) is 0 Å². The standard InChI is InChI=1S/C18H21ClN4O/c19-14-5-3-12(4-6-14)8-20-18(24)17-7-15-16(22-11-21-15)10-23(17)9-13-1-2-13/h3-6,11,13,17H,1-2,7-10H2,(H,20,24)(H,21,22)/t17-/m0/s1. The van der Waals surface area contributed by atoms with Crippen LogP contribution in [0.25, 0.3) is 0 Å². The summed E-state index contributed by atoms with van der Waals surface area (Å²) in [5.41, 5.74) is 3.23. The molecule has 2 aliphatic rings. The number of carbonyl (C=O) groups excluding carboxylic acids is 1. The van der Waals surface area contributed by atoms with Crippen molar-refractivity contribution < 1.29 is 4.79 Å². The number of nitrogens with one attached hydrogen (secondary N) is 2. The molecule has 1 aromatic heterocycles. The van der Waals surface area contributed by atoms with Crippen molar-refractivity contribution in [2.45, 2.75) is 38.4 Å². The molecule has 0 spiro atoms. The van der Waals surface area contributed by atoms with E-state index in [-0.39, 0.29) is 11.9 Å². The van der Waals surface area contributed by atoms with E-state index in [0.717, 1.165) is 36.0 Å². The van der Waals surface area contributed by atoms with E-state index in [2.05, 4.69) is 20.2 Å². The summed E-state index contributed by atoms with van der Waals surface area (Å²) in [6, 6.07) is 7.45. The largest absolute Gasteiger partial charge is 0.351 e. The van der Waals surface area contributed by atoms with Crippen molar-refractivity contribution in [2.24, 2.45) is 5.92 Å². The highest BCUT2D eigenvalue weighted by atomic mass is 35.5. The maximum absolute atomic E-state index is 12.8. The molecule has 0 saturated heterocycles. The van der Waals surface area contributed by atoms with Crippen LogP contribution in [0, 0.1) is 5.92 Å². The van der Waals surface area contributed by atoms with Crippen LogP contribution >= 0.6 is 11.6 Å². The van der Waals surface area contributed by atoms with Gasteiger partial charge in [-0.05, 0) is 36.5 Å². The molecule has 1 atom stereocenters. The summed E-state index contributed by atoms with van der Waals surface area (Å²) in [6.45, 7) is 2.31. The fourth-order valence-electron chi connectivity index (χ4n) is 3.28. The summed E-state index contributed by atoms with van der Waals surface area (Å²) in [5.74, 6) is 0.834. The van der Waals surface area contributed by atoms with Gasteiger partial charge in [-0.1, -0.05) is 23.7 Å². The summed E-state index contributed by atoms with van der Waals surface area (Å²) in [7, 11) is 0. The van der Waals surface area contributed by atoms with Gasteiger partial charge in [-0.3, -0.25) is 9.69 Å². The van der Waals surface area contributed by atoms with Crippen LogP contribution < -0.4 is 5.32 Å². The van der Waals surface area contributed by atoms with E-state index >= 15 is 0 Å². The van der Waals surface area contributed by atoms with E-state index in [9.17, 15) is 4.79 Å². The molecule has 1 fully saturated rings. The maximum atomic E-state index is 12.8. The maximum Gasteiger partial charge on any atom is 0.238 e. The number of hydrogen-bond donors (Lipinski definition) is 2. The second kappa shape index (κ2) is 6.57. The molecule has 2 aromatic rings. The van der Waals surface area contributed by atoms with E-state index in [4.69, 9.17) is 11.6 Å². The lowest BCUT2D eigenvalue weighted by Gasteiger charge is -2.34. The first-order valence-corrected chi connectivity index (χ1v) is 8.84. The molecule has 1 aliphatic heterocycles. The summed E-state index contributed by atoms with van der Waals surface area (Å²) in [5, 5.41) is 3.78. The van der Waals surface area contributed by atoms with Crippen molar-refractivity contribution in [2.75, 3.05) is 6.54 Å². The Morgan fingerprint density at radius 1 is 1.33 bits per heavy atom. The molecule has 4 rings (SSSR count). The lowest BCUT2D eigenvalue weighted by molar-refractivity contribution is -0.127. The molecular formula is C18H21ClN4O. The van der Waals surface area contributed by atoms with Crippen LogP contribution in [0.4, 0.5) is 0 Å². The first-order valence-electron chi connectivity index (χ1n) is 8.46. The Labute approximate surface area is 146 Å². The molecule has 6 heteroatoms. The van der Waals surface area contributed by atoms with Crippen molar-refractivity contribution in [1.29, 1.82) is 0 Å². The van der Waals surface area contributed by atoms with Gasteiger partial charge in [0.05, 0.1) is 23.8 Å². The number of imidazole rings is 1. The predicted molar refractivity (Wildman–Crippen MR) is 92.5 cm³/mol. The quantitative estimate of drug-likeness (QED) is 0.876. The predicted octanol–water partition coefficient (Wildman–Crippen LogP) is 2.52. The Balaban J connectivity index is 1.43. The van der Waals surface area contributed by atoms with E-state index in [1.54, 1.807) is 6.33 Å². The molecule has 0 radical (unpaired) electrons. The molecular weight excluding hydrogens is 324 g/mol. The third kappa shape index (κ3) is 3.47. The normalized spacial score (nSPS) is 20.6. The average Bonchev–Trinajstić information content (AvgIpc) is 3.28. The van der Waals surface area contributed by atoms with Gasteiger partial charge in [0.25, 0.3) is 0 Å². The first-order chi connectivity index (χ1) is 11.7. The monoisotopic (exact) mass is 344 g/mol. The van der Waals surface area contributed by atoms with Crippen LogP contribution in [-0.4, -0.2) is 33.4 Å². The minimum absolute atomic E-state index is 0.0826. The van der Waals surface area contributed by atoms with Crippen molar-refractivity contribution in [3.05, 3.63) is 52.6 Å². The van der Waals surface area contributed by atoms with Crippen molar-refractivity contribution in [3.63, 3.8) is 0 Å². The lowest BCUT2D eigenvalue weighted by atomic mass is 10.0. The highest BCUT2D eigenvalue weighted by molar-refractivity contribution is 6.30. The Kier molecular flexibility index (Phi) is 4.29.